The first kappa shape index (κ1) is 19.8. The number of carbonyl (C=O) groups excluding carboxylic acids is 3. The topological polar surface area (TPSA) is 79.3 Å². The summed E-state index contributed by atoms with van der Waals surface area (Å²) in [5.74, 6) is -0.118. The minimum atomic E-state index is -0.507. The van der Waals surface area contributed by atoms with Gasteiger partial charge in [0.25, 0.3) is 0 Å². The number of methoxy groups -OCH3 is 1. The van der Waals surface area contributed by atoms with Crippen LogP contribution in [0.1, 0.15) is 18.4 Å². The van der Waals surface area contributed by atoms with Gasteiger partial charge in [0, 0.05) is 30.8 Å². The molecule has 2 heterocycles. The van der Waals surface area contributed by atoms with Gasteiger partial charge in [-0.05, 0) is 31.1 Å². The average Bonchev–Trinajstić information content (AvgIpc) is 2.78. The first-order valence-electron chi connectivity index (χ1n) is 9.99. The summed E-state index contributed by atoms with van der Waals surface area (Å²) in [6.07, 6.45) is 11.4. The van der Waals surface area contributed by atoms with E-state index in [1.54, 1.807) is 42.4 Å². The molecular weight excluding hydrogens is 382 g/mol. The van der Waals surface area contributed by atoms with Crippen molar-refractivity contribution in [3.63, 3.8) is 0 Å². The van der Waals surface area contributed by atoms with Gasteiger partial charge in [0.1, 0.15) is 5.75 Å². The van der Waals surface area contributed by atoms with Crippen molar-refractivity contribution in [1.82, 2.24) is 9.80 Å². The Morgan fingerprint density at radius 3 is 2.70 bits per heavy atom. The summed E-state index contributed by atoms with van der Waals surface area (Å²) < 4.78 is 5.30. The van der Waals surface area contributed by atoms with Gasteiger partial charge in [-0.15, -0.1) is 0 Å². The first-order chi connectivity index (χ1) is 14.6. The van der Waals surface area contributed by atoms with Crippen molar-refractivity contribution >= 4 is 29.6 Å². The van der Waals surface area contributed by atoms with Gasteiger partial charge in [0.15, 0.2) is 0 Å². The monoisotopic (exact) mass is 405 g/mol. The number of benzene rings is 1. The van der Waals surface area contributed by atoms with E-state index < -0.39 is 11.9 Å². The van der Waals surface area contributed by atoms with Crippen molar-refractivity contribution in [2.45, 2.75) is 18.9 Å². The molecule has 4 amide bonds. The molecule has 1 aromatic rings. The van der Waals surface area contributed by atoms with Gasteiger partial charge in [0.2, 0.25) is 11.8 Å². The maximum Gasteiger partial charge on any atom is 0.350 e. The van der Waals surface area contributed by atoms with Gasteiger partial charge in [-0.1, -0.05) is 36.4 Å². The zero-order chi connectivity index (χ0) is 21.1. The number of urea groups is 1. The molecule has 0 N–H and O–H groups in total. The highest BCUT2D eigenvalue weighted by Crippen LogP contribution is 2.26. The second-order valence-electron chi connectivity index (χ2n) is 7.38. The highest BCUT2D eigenvalue weighted by Gasteiger charge is 2.40. The maximum atomic E-state index is 12.8. The molecule has 1 saturated heterocycles. The predicted molar refractivity (Wildman–Crippen MR) is 113 cm³/mol. The molecule has 154 valence electrons. The number of fused-ring (bicyclic) bond motifs is 1. The van der Waals surface area contributed by atoms with E-state index >= 15 is 0 Å². The average molecular weight is 405 g/mol. The molecule has 30 heavy (non-hydrogen) atoms. The molecule has 0 radical (unpaired) electrons. The molecule has 0 aromatic heterocycles. The molecule has 4 rings (SSSR count). The van der Waals surface area contributed by atoms with Gasteiger partial charge >= 0.3 is 6.03 Å². The summed E-state index contributed by atoms with van der Waals surface area (Å²) in [7, 11) is 1.59. The van der Waals surface area contributed by atoms with Crippen LogP contribution in [0, 0.1) is 5.92 Å². The standard InChI is InChI=1S/C23H23N3O4/c1-30-20-9-5-2-6-16(20)10-11-21(27)25-14-12-17(13-15-25)26-22(28)18-7-3-4-8-19(18)24-23(26)29/h2-11,17-18H,12-15H2,1H3/b11-10+. The van der Waals surface area contributed by atoms with Gasteiger partial charge in [-0.25, -0.2) is 4.79 Å². The highest BCUT2D eigenvalue weighted by atomic mass is 16.5. The molecule has 0 saturated carbocycles. The third-order valence-electron chi connectivity index (χ3n) is 5.62. The Hall–Kier alpha value is -3.48. The summed E-state index contributed by atoms with van der Waals surface area (Å²) in [5.41, 5.74) is 1.33. The molecule has 1 fully saturated rings. The lowest BCUT2D eigenvalue weighted by molar-refractivity contribution is -0.133. The van der Waals surface area contributed by atoms with Crippen LogP contribution in [0.3, 0.4) is 0 Å². The molecule has 0 spiro atoms. The number of hydrogen-bond donors (Lipinski definition) is 0. The highest BCUT2D eigenvalue weighted by molar-refractivity contribution is 6.21. The van der Waals surface area contributed by atoms with Crippen LogP contribution in [0.5, 0.6) is 5.75 Å². The zero-order valence-electron chi connectivity index (χ0n) is 16.7. The van der Waals surface area contributed by atoms with Crippen molar-refractivity contribution in [2.24, 2.45) is 10.9 Å². The van der Waals surface area contributed by atoms with Crippen LogP contribution < -0.4 is 4.74 Å². The number of imide groups is 1. The molecule has 3 aliphatic rings. The lowest BCUT2D eigenvalue weighted by Crippen LogP contribution is -2.54. The molecule has 1 aromatic carbocycles. The molecule has 1 atom stereocenters. The second kappa shape index (κ2) is 8.49. The van der Waals surface area contributed by atoms with Gasteiger partial charge in [-0.3, -0.25) is 14.5 Å². The van der Waals surface area contributed by atoms with Gasteiger partial charge in [0.05, 0.1) is 18.7 Å². The maximum absolute atomic E-state index is 12.8. The molecule has 1 aliphatic carbocycles. The normalized spacial score (nSPS) is 21.8. The van der Waals surface area contributed by atoms with Crippen LogP contribution in [-0.2, 0) is 9.59 Å². The van der Waals surface area contributed by atoms with Crippen LogP contribution in [0.25, 0.3) is 6.08 Å². The number of nitrogens with zero attached hydrogens (tertiary/aromatic N) is 3. The Labute approximate surface area is 175 Å². The van der Waals surface area contributed by atoms with Crippen molar-refractivity contribution in [2.75, 3.05) is 20.2 Å². The van der Waals surface area contributed by atoms with Crippen molar-refractivity contribution in [3.8, 4) is 5.75 Å². The number of hydrogen-bond acceptors (Lipinski definition) is 4. The van der Waals surface area contributed by atoms with E-state index in [0.29, 0.717) is 37.4 Å². The fourth-order valence-corrected chi connectivity index (χ4v) is 4.01. The van der Waals surface area contributed by atoms with E-state index in [0.717, 1.165) is 5.56 Å². The number of piperidine rings is 1. The number of carbonyl (C=O) groups is 3. The van der Waals surface area contributed by atoms with Crippen LogP contribution in [-0.4, -0.2) is 59.6 Å². The lowest BCUT2D eigenvalue weighted by atomic mass is 9.93. The van der Waals surface area contributed by atoms with Crippen LogP contribution in [0.15, 0.2) is 59.6 Å². The van der Waals surface area contributed by atoms with E-state index in [-0.39, 0.29) is 17.9 Å². The number of rotatable bonds is 4. The van der Waals surface area contributed by atoms with Gasteiger partial charge < -0.3 is 9.64 Å². The van der Waals surface area contributed by atoms with Gasteiger partial charge in [-0.2, -0.15) is 4.99 Å². The van der Waals surface area contributed by atoms with Crippen molar-refractivity contribution in [1.29, 1.82) is 0 Å². The van der Waals surface area contributed by atoms with Crippen molar-refractivity contribution < 1.29 is 19.1 Å². The number of para-hydroxylation sites is 1. The summed E-state index contributed by atoms with van der Waals surface area (Å²) in [6.45, 7) is 0.960. The second-order valence-corrected chi connectivity index (χ2v) is 7.38. The zero-order valence-corrected chi connectivity index (χ0v) is 16.7. The minimum Gasteiger partial charge on any atom is -0.496 e. The SMILES string of the molecule is COc1ccccc1/C=C/C(=O)N1CCC(N2C(=O)N=C3C=CC=CC3C2=O)CC1. The minimum absolute atomic E-state index is 0.101. The Balaban J connectivity index is 1.38. The molecule has 1 unspecified atom stereocenters. The van der Waals surface area contributed by atoms with E-state index in [4.69, 9.17) is 4.74 Å². The Morgan fingerprint density at radius 2 is 1.93 bits per heavy atom. The number of amides is 4. The summed E-state index contributed by atoms with van der Waals surface area (Å²) in [6, 6.07) is 6.73. The molecular formula is C23H23N3O4. The predicted octanol–water partition coefficient (Wildman–Crippen LogP) is 2.84. The third kappa shape index (κ3) is 3.83. The van der Waals surface area contributed by atoms with Crippen LogP contribution >= 0.6 is 0 Å². The quantitative estimate of drug-likeness (QED) is 0.722. The molecule has 2 aliphatic heterocycles. The molecule has 7 heteroatoms. The number of likely N-dealkylation sites (tertiary alicyclic amines) is 1. The Kier molecular flexibility index (Phi) is 5.61. The van der Waals surface area contributed by atoms with E-state index in [1.165, 1.54) is 11.0 Å². The van der Waals surface area contributed by atoms with E-state index in [9.17, 15) is 14.4 Å². The first-order valence-corrected chi connectivity index (χ1v) is 9.99. The third-order valence-corrected chi connectivity index (χ3v) is 5.62. The number of allylic oxidation sites excluding steroid dienone is 3. The number of aliphatic imine (C=N–C) groups is 1. The molecule has 7 nitrogen and oxygen atoms in total. The smallest absolute Gasteiger partial charge is 0.350 e. The Morgan fingerprint density at radius 1 is 1.17 bits per heavy atom. The van der Waals surface area contributed by atoms with Crippen LogP contribution in [0.2, 0.25) is 0 Å². The fourth-order valence-electron chi connectivity index (χ4n) is 4.01. The van der Waals surface area contributed by atoms with Crippen LogP contribution in [0.4, 0.5) is 4.79 Å². The fraction of sp³-hybridized carbons (Fsp3) is 0.304. The lowest BCUT2D eigenvalue weighted by Gasteiger charge is -2.39. The van der Waals surface area contributed by atoms with E-state index in [1.807, 2.05) is 24.3 Å². The summed E-state index contributed by atoms with van der Waals surface area (Å²) in [5, 5.41) is 0. The van der Waals surface area contributed by atoms with E-state index in [2.05, 4.69) is 4.99 Å². The largest absolute Gasteiger partial charge is 0.496 e. The summed E-state index contributed by atoms with van der Waals surface area (Å²) in [4.78, 5) is 45.0. The molecule has 0 bridgehead atoms. The van der Waals surface area contributed by atoms with Crippen molar-refractivity contribution in [3.05, 3.63) is 60.2 Å². The summed E-state index contributed by atoms with van der Waals surface area (Å²) >= 11 is 0. The Bertz CT molecular complexity index is 984. The number of ether oxygens (including phenoxy) is 1.